The van der Waals surface area contributed by atoms with Gasteiger partial charge in [0, 0.05) is 18.9 Å². The van der Waals surface area contributed by atoms with Gasteiger partial charge in [-0.15, -0.1) is 0 Å². The van der Waals surface area contributed by atoms with Crippen LogP contribution in [0.4, 0.5) is 0 Å². The van der Waals surface area contributed by atoms with Gasteiger partial charge in [-0.05, 0) is 56.5 Å². The maximum atomic E-state index is 6.65. The minimum absolute atomic E-state index is 0.311. The van der Waals surface area contributed by atoms with E-state index >= 15 is 0 Å². The molecule has 4 atom stereocenters. The highest BCUT2D eigenvalue weighted by atomic mass is 16.7. The van der Waals surface area contributed by atoms with Crippen molar-refractivity contribution in [3.8, 4) is 0 Å². The monoisotopic (exact) mass is 339 g/mol. The Morgan fingerprint density at radius 3 is 2.29 bits per heavy atom. The summed E-state index contributed by atoms with van der Waals surface area (Å²) in [5.74, 6) is 0.959. The van der Waals surface area contributed by atoms with Crippen LogP contribution in [-0.2, 0) is 9.47 Å². The van der Waals surface area contributed by atoms with Crippen LogP contribution in [0, 0.1) is 17.3 Å². The first-order valence-electron chi connectivity index (χ1n) is 10.3. The first-order valence-corrected chi connectivity index (χ1v) is 10.3. The molecule has 0 radical (unpaired) electrons. The van der Waals surface area contributed by atoms with E-state index in [1.165, 1.54) is 38.8 Å². The molecule has 3 nitrogen and oxygen atoms in total. The molecule has 2 rings (SSSR count). The number of hydrogen-bond acceptors (Lipinski definition) is 3. The van der Waals surface area contributed by atoms with E-state index in [-0.39, 0.29) is 5.79 Å². The molecule has 0 N–H and O–H groups in total. The molecule has 1 saturated heterocycles. The van der Waals surface area contributed by atoms with Crippen molar-refractivity contribution in [3.63, 3.8) is 0 Å². The SMILES string of the molecule is CCCN(CCC)CC1CCOC2(CCC(C(C)(C)C)CC2C)O1. The van der Waals surface area contributed by atoms with E-state index in [1.54, 1.807) is 0 Å². The first-order chi connectivity index (χ1) is 11.3. The third kappa shape index (κ3) is 4.95. The molecule has 4 unspecified atom stereocenters. The molecule has 24 heavy (non-hydrogen) atoms. The summed E-state index contributed by atoms with van der Waals surface area (Å²) >= 11 is 0. The van der Waals surface area contributed by atoms with Crippen LogP contribution >= 0.6 is 0 Å². The van der Waals surface area contributed by atoms with Crippen LogP contribution in [0.25, 0.3) is 0 Å². The summed E-state index contributed by atoms with van der Waals surface area (Å²) in [4.78, 5) is 2.58. The van der Waals surface area contributed by atoms with Gasteiger partial charge in [-0.2, -0.15) is 0 Å². The predicted molar refractivity (Wildman–Crippen MR) is 101 cm³/mol. The van der Waals surface area contributed by atoms with E-state index in [0.717, 1.165) is 31.9 Å². The summed E-state index contributed by atoms with van der Waals surface area (Å²) in [6.45, 7) is 18.3. The Balaban J connectivity index is 1.96. The molecule has 0 amide bonds. The van der Waals surface area contributed by atoms with Gasteiger partial charge < -0.3 is 14.4 Å². The number of nitrogens with zero attached hydrogens (tertiary/aromatic N) is 1. The number of ether oxygens (including phenoxy) is 2. The van der Waals surface area contributed by atoms with Crippen LogP contribution in [0.15, 0.2) is 0 Å². The Morgan fingerprint density at radius 2 is 1.75 bits per heavy atom. The van der Waals surface area contributed by atoms with Crippen LogP contribution in [0.2, 0.25) is 0 Å². The molecule has 2 aliphatic rings. The Hall–Kier alpha value is -0.120. The molecule has 0 aromatic carbocycles. The molecule has 1 heterocycles. The van der Waals surface area contributed by atoms with Crippen molar-refractivity contribution >= 4 is 0 Å². The molecule has 2 fully saturated rings. The Kier molecular flexibility index (Phi) is 7.16. The van der Waals surface area contributed by atoms with Crippen LogP contribution in [0.3, 0.4) is 0 Å². The summed E-state index contributed by atoms with van der Waals surface area (Å²) in [5.41, 5.74) is 0.392. The fraction of sp³-hybridized carbons (Fsp3) is 1.00. The Labute approximate surface area is 150 Å². The van der Waals surface area contributed by atoms with Gasteiger partial charge in [-0.3, -0.25) is 0 Å². The summed E-state index contributed by atoms with van der Waals surface area (Å²) in [5, 5.41) is 0. The van der Waals surface area contributed by atoms with Crippen molar-refractivity contribution in [2.24, 2.45) is 17.3 Å². The van der Waals surface area contributed by atoms with Crippen molar-refractivity contribution in [3.05, 3.63) is 0 Å². The zero-order valence-electron chi connectivity index (χ0n) is 17.1. The second-order valence-electron chi connectivity index (χ2n) is 9.23. The average molecular weight is 340 g/mol. The highest BCUT2D eigenvalue weighted by Gasteiger charge is 2.48. The lowest BCUT2D eigenvalue weighted by atomic mass is 9.67. The second-order valence-corrected chi connectivity index (χ2v) is 9.23. The van der Waals surface area contributed by atoms with Gasteiger partial charge in [0.1, 0.15) is 0 Å². The maximum absolute atomic E-state index is 6.65. The predicted octanol–water partition coefficient (Wildman–Crippen LogP) is 5.09. The molecular formula is C21H41NO2. The van der Waals surface area contributed by atoms with Crippen molar-refractivity contribution in [1.82, 2.24) is 4.90 Å². The van der Waals surface area contributed by atoms with Crippen molar-refractivity contribution in [2.75, 3.05) is 26.2 Å². The van der Waals surface area contributed by atoms with Crippen molar-refractivity contribution in [1.29, 1.82) is 0 Å². The van der Waals surface area contributed by atoms with E-state index in [9.17, 15) is 0 Å². The molecule has 0 aromatic heterocycles. The zero-order chi connectivity index (χ0) is 17.8. The molecular weight excluding hydrogens is 298 g/mol. The van der Waals surface area contributed by atoms with Gasteiger partial charge in [-0.1, -0.05) is 41.5 Å². The Bertz CT molecular complexity index is 373. The van der Waals surface area contributed by atoms with Gasteiger partial charge in [0.05, 0.1) is 12.7 Å². The van der Waals surface area contributed by atoms with E-state index in [2.05, 4.69) is 46.4 Å². The van der Waals surface area contributed by atoms with Crippen LogP contribution in [0.5, 0.6) is 0 Å². The van der Waals surface area contributed by atoms with Gasteiger partial charge >= 0.3 is 0 Å². The smallest absolute Gasteiger partial charge is 0.171 e. The summed E-state index contributed by atoms with van der Waals surface area (Å²) in [6.07, 6.45) is 7.34. The zero-order valence-corrected chi connectivity index (χ0v) is 17.1. The third-order valence-electron chi connectivity index (χ3n) is 6.15. The topological polar surface area (TPSA) is 21.7 Å². The molecule has 1 saturated carbocycles. The minimum atomic E-state index is -0.311. The average Bonchev–Trinajstić information content (AvgIpc) is 2.50. The highest BCUT2D eigenvalue weighted by molar-refractivity contribution is 4.92. The normalized spacial score (nSPS) is 34.9. The van der Waals surface area contributed by atoms with E-state index in [0.29, 0.717) is 17.4 Å². The molecule has 0 aromatic rings. The van der Waals surface area contributed by atoms with E-state index in [1.807, 2.05) is 0 Å². The molecule has 142 valence electrons. The molecule has 0 bridgehead atoms. The van der Waals surface area contributed by atoms with Crippen molar-refractivity contribution in [2.45, 2.75) is 92.0 Å². The fourth-order valence-corrected chi connectivity index (χ4v) is 4.60. The van der Waals surface area contributed by atoms with Gasteiger partial charge in [0.25, 0.3) is 0 Å². The van der Waals surface area contributed by atoms with Gasteiger partial charge in [0.15, 0.2) is 5.79 Å². The van der Waals surface area contributed by atoms with Crippen LogP contribution in [0.1, 0.15) is 80.1 Å². The lowest BCUT2D eigenvalue weighted by molar-refractivity contribution is -0.332. The van der Waals surface area contributed by atoms with Gasteiger partial charge in [0.2, 0.25) is 0 Å². The summed E-state index contributed by atoms with van der Waals surface area (Å²) in [6, 6.07) is 0. The van der Waals surface area contributed by atoms with Crippen LogP contribution < -0.4 is 0 Å². The maximum Gasteiger partial charge on any atom is 0.171 e. The molecule has 1 aliphatic heterocycles. The van der Waals surface area contributed by atoms with Crippen molar-refractivity contribution < 1.29 is 9.47 Å². The summed E-state index contributed by atoms with van der Waals surface area (Å²) in [7, 11) is 0. The van der Waals surface area contributed by atoms with Gasteiger partial charge in [-0.25, -0.2) is 0 Å². The van der Waals surface area contributed by atoms with E-state index in [4.69, 9.17) is 9.47 Å². The lowest BCUT2D eigenvalue weighted by Gasteiger charge is -2.51. The lowest BCUT2D eigenvalue weighted by Crippen LogP contribution is -2.55. The fourth-order valence-electron chi connectivity index (χ4n) is 4.60. The molecule has 1 aliphatic carbocycles. The minimum Gasteiger partial charge on any atom is -0.350 e. The quantitative estimate of drug-likeness (QED) is 0.672. The molecule has 3 heteroatoms. The number of hydrogen-bond donors (Lipinski definition) is 0. The molecule has 1 spiro atoms. The largest absolute Gasteiger partial charge is 0.350 e. The first kappa shape index (κ1) is 20.2. The third-order valence-corrected chi connectivity index (χ3v) is 6.15. The highest BCUT2D eigenvalue weighted by Crippen LogP contribution is 2.48. The van der Waals surface area contributed by atoms with E-state index < -0.39 is 0 Å². The number of rotatable bonds is 6. The van der Waals surface area contributed by atoms with Crippen LogP contribution in [-0.4, -0.2) is 43.0 Å². The standard InChI is InChI=1S/C21H41NO2/c1-7-12-22(13-8-2)16-19-10-14-23-21(24-19)11-9-18(15-17(21)3)20(4,5)6/h17-19H,7-16H2,1-6H3. The second kappa shape index (κ2) is 8.51. The Morgan fingerprint density at radius 1 is 1.08 bits per heavy atom. The summed E-state index contributed by atoms with van der Waals surface area (Å²) < 4.78 is 12.9.